The van der Waals surface area contributed by atoms with E-state index >= 15 is 0 Å². The zero-order chi connectivity index (χ0) is 11.5. The number of hydrogen-bond donors (Lipinski definition) is 1. The molecule has 1 aromatic heterocycles. The van der Waals surface area contributed by atoms with E-state index in [1.165, 1.54) is 25.7 Å². The van der Waals surface area contributed by atoms with Gasteiger partial charge in [0.2, 0.25) is 5.95 Å². The highest BCUT2D eigenvalue weighted by Crippen LogP contribution is 2.28. The number of nitrogens with two attached hydrogens (primary N) is 1. The van der Waals surface area contributed by atoms with Crippen molar-refractivity contribution in [1.29, 1.82) is 0 Å². The molecule has 0 aromatic carbocycles. The summed E-state index contributed by atoms with van der Waals surface area (Å²) >= 11 is 6.13. The highest BCUT2D eigenvalue weighted by Gasteiger charge is 2.20. The molecule has 16 heavy (non-hydrogen) atoms. The summed E-state index contributed by atoms with van der Waals surface area (Å²) in [5.74, 6) is 1.07. The van der Waals surface area contributed by atoms with Gasteiger partial charge in [0.1, 0.15) is 5.02 Å². The van der Waals surface area contributed by atoms with Gasteiger partial charge in [0, 0.05) is 12.6 Å². The fourth-order valence-corrected chi connectivity index (χ4v) is 2.36. The van der Waals surface area contributed by atoms with Crippen LogP contribution >= 0.6 is 11.6 Å². The Morgan fingerprint density at radius 2 is 2.25 bits per heavy atom. The topological polar surface area (TPSA) is 55.0 Å². The normalized spacial score (nSPS) is 21.9. The third-order valence-electron chi connectivity index (χ3n) is 3.07. The molecule has 0 saturated carbocycles. The first kappa shape index (κ1) is 11.5. The number of aromatic nitrogens is 2. The molecule has 0 spiro atoms. The van der Waals surface area contributed by atoms with Gasteiger partial charge < -0.3 is 10.6 Å². The lowest BCUT2D eigenvalue weighted by atomic mass is 10.1. The lowest BCUT2D eigenvalue weighted by Crippen LogP contribution is -2.33. The van der Waals surface area contributed by atoms with Gasteiger partial charge in [-0.25, -0.2) is 4.98 Å². The molecule has 2 heterocycles. The van der Waals surface area contributed by atoms with Crippen molar-refractivity contribution >= 4 is 23.4 Å². The summed E-state index contributed by atoms with van der Waals surface area (Å²) in [5.41, 5.74) is 5.61. The van der Waals surface area contributed by atoms with Crippen molar-refractivity contribution in [3.8, 4) is 0 Å². The molecule has 1 fully saturated rings. The van der Waals surface area contributed by atoms with Crippen LogP contribution in [0.3, 0.4) is 0 Å². The molecule has 2 N–H and O–H groups in total. The van der Waals surface area contributed by atoms with Crippen molar-refractivity contribution in [2.45, 2.75) is 38.6 Å². The third-order valence-corrected chi connectivity index (χ3v) is 3.34. The number of anilines is 2. The number of nitrogen functional groups attached to an aromatic ring is 1. The Kier molecular flexibility index (Phi) is 3.49. The first-order chi connectivity index (χ1) is 7.68. The van der Waals surface area contributed by atoms with Crippen molar-refractivity contribution in [3.63, 3.8) is 0 Å². The van der Waals surface area contributed by atoms with Gasteiger partial charge in [-0.3, -0.25) is 0 Å². The minimum absolute atomic E-state index is 0.288. The number of nitrogens with zero attached hydrogens (tertiary/aromatic N) is 3. The van der Waals surface area contributed by atoms with Gasteiger partial charge in [-0.15, -0.1) is 0 Å². The summed E-state index contributed by atoms with van der Waals surface area (Å²) < 4.78 is 0. The van der Waals surface area contributed by atoms with Crippen LogP contribution in [0.1, 0.15) is 32.6 Å². The summed E-state index contributed by atoms with van der Waals surface area (Å²) in [6, 6.07) is 0.467. The van der Waals surface area contributed by atoms with E-state index < -0.39 is 0 Å². The summed E-state index contributed by atoms with van der Waals surface area (Å²) in [5, 5.41) is 0.586. The van der Waals surface area contributed by atoms with E-state index in [-0.39, 0.29) is 5.95 Å². The smallest absolute Gasteiger partial charge is 0.222 e. The van der Waals surface area contributed by atoms with Crippen molar-refractivity contribution in [1.82, 2.24) is 9.97 Å². The molecular weight excluding hydrogens is 224 g/mol. The Hall–Kier alpha value is -1.03. The molecule has 1 atom stereocenters. The van der Waals surface area contributed by atoms with Crippen LogP contribution in [0.25, 0.3) is 0 Å². The van der Waals surface area contributed by atoms with Crippen LogP contribution < -0.4 is 10.6 Å². The SMILES string of the molecule is CC1CCCCCN1c1nc(N)ncc1Cl. The quantitative estimate of drug-likeness (QED) is 0.820. The number of halogens is 1. The first-order valence-electron chi connectivity index (χ1n) is 5.73. The minimum Gasteiger partial charge on any atom is -0.368 e. The molecule has 0 radical (unpaired) electrons. The zero-order valence-corrected chi connectivity index (χ0v) is 10.2. The van der Waals surface area contributed by atoms with E-state index in [1.807, 2.05) is 0 Å². The molecule has 1 saturated heterocycles. The lowest BCUT2D eigenvalue weighted by molar-refractivity contribution is 0.611. The van der Waals surface area contributed by atoms with Crippen LogP contribution in [0, 0.1) is 0 Å². The average Bonchev–Trinajstić information content (AvgIpc) is 2.47. The van der Waals surface area contributed by atoms with E-state index in [0.717, 1.165) is 12.4 Å². The maximum atomic E-state index is 6.13. The van der Waals surface area contributed by atoms with E-state index in [2.05, 4.69) is 21.8 Å². The van der Waals surface area contributed by atoms with E-state index in [9.17, 15) is 0 Å². The fraction of sp³-hybridized carbons (Fsp3) is 0.636. The molecule has 0 bridgehead atoms. The molecule has 0 aliphatic carbocycles. The largest absolute Gasteiger partial charge is 0.368 e. The molecule has 4 nitrogen and oxygen atoms in total. The molecule has 2 rings (SSSR count). The second-order valence-corrected chi connectivity index (χ2v) is 4.70. The first-order valence-corrected chi connectivity index (χ1v) is 6.11. The van der Waals surface area contributed by atoms with Crippen LogP contribution in [0.5, 0.6) is 0 Å². The van der Waals surface area contributed by atoms with Gasteiger partial charge in [-0.2, -0.15) is 4.98 Å². The van der Waals surface area contributed by atoms with Crippen molar-refractivity contribution in [2.75, 3.05) is 17.2 Å². The molecule has 1 aromatic rings. The van der Waals surface area contributed by atoms with E-state index in [0.29, 0.717) is 11.1 Å². The summed E-state index contributed by atoms with van der Waals surface area (Å²) in [6.07, 6.45) is 6.50. The molecule has 1 aliphatic rings. The Balaban J connectivity index is 2.29. The standard InChI is InChI=1S/C11H17ClN4/c1-8-5-3-2-4-6-16(8)10-9(12)7-14-11(13)15-10/h7-8H,2-6H2,1H3,(H2,13,14,15). The molecule has 0 amide bonds. The summed E-state index contributed by atoms with van der Waals surface area (Å²) in [7, 11) is 0. The van der Waals surface area contributed by atoms with Crippen molar-refractivity contribution in [2.24, 2.45) is 0 Å². The highest BCUT2D eigenvalue weighted by atomic mass is 35.5. The van der Waals surface area contributed by atoms with Gasteiger partial charge in [0.05, 0.1) is 6.20 Å². The highest BCUT2D eigenvalue weighted by molar-refractivity contribution is 6.32. The Morgan fingerprint density at radius 1 is 1.44 bits per heavy atom. The Labute approximate surface area is 101 Å². The Morgan fingerprint density at radius 3 is 3.06 bits per heavy atom. The van der Waals surface area contributed by atoms with Gasteiger partial charge in [-0.05, 0) is 19.8 Å². The van der Waals surface area contributed by atoms with Crippen LogP contribution in [0.4, 0.5) is 11.8 Å². The average molecular weight is 241 g/mol. The second kappa shape index (κ2) is 4.87. The third kappa shape index (κ3) is 2.38. The molecule has 88 valence electrons. The predicted molar refractivity (Wildman–Crippen MR) is 66.7 cm³/mol. The van der Waals surface area contributed by atoms with Gasteiger partial charge >= 0.3 is 0 Å². The summed E-state index contributed by atoms with van der Waals surface area (Å²) in [4.78, 5) is 10.4. The van der Waals surface area contributed by atoms with Gasteiger partial charge in [0.15, 0.2) is 5.82 Å². The van der Waals surface area contributed by atoms with Crippen LogP contribution in [0.15, 0.2) is 6.20 Å². The maximum absolute atomic E-state index is 6.13. The predicted octanol–water partition coefficient (Wildman–Crippen LogP) is 2.48. The molecule has 1 unspecified atom stereocenters. The monoisotopic (exact) mass is 240 g/mol. The second-order valence-electron chi connectivity index (χ2n) is 4.29. The van der Waals surface area contributed by atoms with Crippen LogP contribution in [-0.2, 0) is 0 Å². The lowest BCUT2D eigenvalue weighted by Gasteiger charge is -2.28. The number of rotatable bonds is 1. The fourth-order valence-electron chi connectivity index (χ4n) is 2.16. The van der Waals surface area contributed by atoms with Gasteiger partial charge in [-0.1, -0.05) is 24.4 Å². The molecular formula is C11H17ClN4. The van der Waals surface area contributed by atoms with Gasteiger partial charge in [0.25, 0.3) is 0 Å². The zero-order valence-electron chi connectivity index (χ0n) is 9.49. The molecule has 1 aliphatic heterocycles. The van der Waals surface area contributed by atoms with E-state index in [1.54, 1.807) is 6.20 Å². The van der Waals surface area contributed by atoms with Crippen LogP contribution in [0.2, 0.25) is 5.02 Å². The Bertz CT molecular complexity index is 369. The molecule has 5 heteroatoms. The van der Waals surface area contributed by atoms with Crippen molar-refractivity contribution in [3.05, 3.63) is 11.2 Å². The minimum atomic E-state index is 0.288. The van der Waals surface area contributed by atoms with Crippen LogP contribution in [-0.4, -0.2) is 22.6 Å². The van der Waals surface area contributed by atoms with E-state index in [4.69, 9.17) is 17.3 Å². The number of hydrogen-bond acceptors (Lipinski definition) is 4. The summed E-state index contributed by atoms with van der Waals surface area (Å²) in [6.45, 7) is 3.21. The maximum Gasteiger partial charge on any atom is 0.222 e. The van der Waals surface area contributed by atoms with Crippen molar-refractivity contribution < 1.29 is 0 Å².